The molecule has 0 saturated carbocycles. The zero-order valence-electron chi connectivity index (χ0n) is 11.7. The lowest BCUT2D eigenvalue weighted by Crippen LogP contribution is -2.30. The first-order chi connectivity index (χ1) is 8.58. The molecule has 1 rings (SSSR count). The van der Waals surface area contributed by atoms with Gasteiger partial charge in [0, 0.05) is 19.1 Å². The van der Waals surface area contributed by atoms with Gasteiger partial charge in [-0.15, -0.1) is 0 Å². The molecule has 0 radical (unpaired) electrons. The van der Waals surface area contributed by atoms with Crippen molar-refractivity contribution >= 4 is 15.9 Å². The molecule has 0 aliphatic carbocycles. The highest BCUT2D eigenvalue weighted by Crippen LogP contribution is 2.27. The van der Waals surface area contributed by atoms with Crippen LogP contribution in [0.2, 0.25) is 0 Å². The molecule has 0 bridgehead atoms. The van der Waals surface area contributed by atoms with Crippen molar-refractivity contribution in [2.45, 2.75) is 19.9 Å². The van der Waals surface area contributed by atoms with Crippen LogP contribution in [0.4, 0.5) is 0 Å². The summed E-state index contributed by atoms with van der Waals surface area (Å²) < 4.78 is 6.23. The number of ether oxygens (including phenoxy) is 1. The maximum atomic E-state index is 5.23. The van der Waals surface area contributed by atoms with Crippen LogP contribution in [0.15, 0.2) is 22.7 Å². The molecule has 0 aliphatic heterocycles. The molecule has 1 aromatic rings. The molecule has 1 N–H and O–H groups in total. The van der Waals surface area contributed by atoms with Crippen LogP contribution in [-0.2, 0) is 0 Å². The van der Waals surface area contributed by atoms with E-state index in [1.807, 2.05) is 6.07 Å². The Labute approximate surface area is 119 Å². The number of hydrogen-bond donors (Lipinski definition) is 1. The maximum absolute atomic E-state index is 5.23. The van der Waals surface area contributed by atoms with Gasteiger partial charge in [0.25, 0.3) is 0 Å². The first-order valence-electron chi connectivity index (χ1n) is 6.33. The first kappa shape index (κ1) is 15.5. The van der Waals surface area contributed by atoms with Crippen molar-refractivity contribution in [1.29, 1.82) is 0 Å². The van der Waals surface area contributed by atoms with Crippen molar-refractivity contribution in [3.63, 3.8) is 0 Å². The van der Waals surface area contributed by atoms with E-state index in [1.165, 1.54) is 5.56 Å². The molecule has 0 spiro atoms. The predicted octanol–water partition coefficient (Wildman–Crippen LogP) is 3.06. The topological polar surface area (TPSA) is 24.5 Å². The Bertz CT molecular complexity index is 371. The summed E-state index contributed by atoms with van der Waals surface area (Å²) in [5, 5.41) is 3.53. The van der Waals surface area contributed by atoms with Crippen LogP contribution in [0.5, 0.6) is 5.75 Å². The summed E-state index contributed by atoms with van der Waals surface area (Å²) in [5.41, 5.74) is 1.27. The van der Waals surface area contributed by atoms with Gasteiger partial charge in [-0.2, -0.15) is 0 Å². The first-order valence-corrected chi connectivity index (χ1v) is 7.13. The van der Waals surface area contributed by atoms with Crippen molar-refractivity contribution in [2.75, 3.05) is 33.8 Å². The minimum atomic E-state index is 0.345. The second kappa shape index (κ2) is 7.77. The molecule has 0 saturated heterocycles. The SMILES string of the molecule is CCN(C)CCNC(C)c1ccc(OC)c(Br)c1. The van der Waals surface area contributed by atoms with Crippen LogP contribution >= 0.6 is 15.9 Å². The van der Waals surface area contributed by atoms with E-state index in [1.54, 1.807) is 7.11 Å². The van der Waals surface area contributed by atoms with Crippen molar-refractivity contribution in [2.24, 2.45) is 0 Å². The average molecular weight is 315 g/mol. The number of hydrogen-bond acceptors (Lipinski definition) is 3. The van der Waals surface area contributed by atoms with E-state index >= 15 is 0 Å². The highest BCUT2D eigenvalue weighted by Gasteiger charge is 2.08. The number of methoxy groups -OCH3 is 1. The summed E-state index contributed by atoms with van der Waals surface area (Å²) in [6.07, 6.45) is 0. The second-order valence-electron chi connectivity index (χ2n) is 4.47. The quantitative estimate of drug-likeness (QED) is 0.837. The van der Waals surface area contributed by atoms with Crippen molar-refractivity contribution in [3.8, 4) is 5.75 Å². The van der Waals surface area contributed by atoms with Crippen LogP contribution in [0, 0.1) is 0 Å². The largest absolute Gasteiger partial charge is 0.496 e. The zero-order valence-corrected chi connectivity index (χ0v) is 13.3. The summed E-state index contributed by atoms with van der Waals surface area (Å²) in [5.74, 6) is 0.872. The number of likely N-dealkylation sites (N-methyl/N-ethyl adjacent to an activating group) is 1. The molecular weight excluding hydrogens is 292 g/mol. The maximum Gasteiger partial charge on any atom is 0.133 e. The van der Waals surface area contributed by atoms with Gasteiger partial charge in [-0.3, -0.25) is 0 Å². The van der Waals surface area contributed by atoms with E-state index in [-0.39, 0.29) is 0 Å². The fraction of sp³-hybridized carbons (Fsp3) is 0.571. The molecule has 3 nitrogen and oxygen atoms in total. The van der Waals surface area contributed by atoms with E-state index in [2.05, 4.69) is 59.2 Å². The third kappa shape index (κ3) is 4.59. The van der Waals surface area contributed by atoms with Gasteiger partial charge in [0.15, 0.2) is 0 Å². The molecule has 0 aromatic heterocycles. The van der Waals surface area contributed by atoms with Gasteiger partial charge < -0.3 is 15.0 Å². The highest BCUT2D eigenvalue weighted by atomic mass is 79.9. The lowest BCUT2D eigenvalue weighted by atomic mass is 10.1. The van der Waals surface area contributed by atoms with E-state index in [0.29, 0.717) is 6.04 Å². The molecule has 0 fully saturated rings. The molecule has 1 unspecified atom stereocenters. The van der Waals surface area contributed by atoms with Crippen molar-refractivity contribution < 1.29 is 4.74 Å². The Kier molecular flexibility index (Phi) is 6.68. The van der Waals surface area contributed by atoms with Crippen molar-refractivity contribution in [1.82, 2.24) is 10.2 Å². The number of benzene rings is 1. The molecule has 18 heavy (non-hydrogen) atoms. The standard InChI is InChI=1S/C14H23BrN2O/c1-5-17(3)9-8-16-11(2)12-6-7-14(18-4)13(15)10-12/h6-7,10-11,16H,5,8-9H2,1-4H3. The van der Waals surface area contributed by atoms with Gasteiger partial charge in [-0.1, -0.05) is 13.0 Å². The molecular formula is C14H23BrN2O. The van der Waals surface area contributed by atoms with Crippen LogP contribution in [0.3, 0.4) is 0 Å². The minimum Gasteiger partial charge on any atom is -0.496 e. The third-order valence-electron chi connectivity index (χ3n) is 3.16. The van der Waals surface area contributed by atoms with Gasteiger partial charge in [-0.25, -0.2) is 0 Å². The fourth-order valence-corrected chi connectivity index (χ4v) is 2.26. The number of nitrogens with zero attached hydrogens (tertiary/aromatic N) is 1. The number of rotatable bonds is 7. The van der Waals surface area contributed by atoms with Crippen LogP contribution in [0.1, 0.15) is 25.5 Å². The summed E-state index contributed by atoms with van der Waals surface area (Å²) in [4.78, 5) is 2.30. The normalized spacial score (nSPS) is 12.8. The summed E-state index contributed by atoms with van der Waals surface area (Å²) in [6.45, 7) is 7.50. The lowest BCUT2D eigenvalue weighted by molar-refractivity contribution is 0.342. The summed E-state index contributed by atoms with van der Waals surface area (Å²) in [7, 11) is 3.82. The molecule has 4 heteroatoms. The van der Waals surface area contributed by atoms with Crippen LogP contribution < -0.4 is 10.1 Å². The molecule has 0 aliphatic rings. The molecule has 1 aromatic carbocycles. The van der Waals surface area contributed by atoms with Crippen molar-refractivity contribution in [3.05, 3.63) is 28.2 Å². The molecule has 102 valence electrons. The highest BCUT2D eigenvalue weighted by molar-refractivity contribution is 9.10. The Morgan fingerprint density at radius 1 is 1.44 bits per heavy atom. The Balaban J connectivity index is 2.51. The van der Waals surface area contributed by atoms with Gasteiger partial charge >= 0.3 is 0 Å². The Morgan fingerprint density at radius 3 is 2.72 bits per heavy atom. The predicted molar refractivity (Wildman–Crippen MR) is 80.3 cm³/mol. The number of halogens is 1. The van der Waals surface area contributed by atoms with Gasteiger partial charge in [0.2, 0.25) is 0 Å². The average Bonchev–Trinajstić information content (AvgIpc) is 2.38. The number of nitrogens with one attached hydrogen (secondary N) is 1. The van der Waals surface area contributed by atoms with Gasteiger partial charge in [-0.05, 0) is 54.1 Å². The van der Waals surface area contributed by atoms with E-state index < -0.39 is 0 Å². The Hall–Kier alpha value is -0.580. The molecule has 0 heterocycles. The minimum absolute atomic E-state index is 0.345. The monoisotopic (exact) mass is 314 g/mol. The van der Waals surface area contributed by atoms with Gasteiger partial charge in [0.1, 0.15) is 5.75 Å². The smallest absolute Gasteiger partial charge is 0.133 e. The zero-order chi connectivity index (χ0) is 13.5. The fourth-order valence-electron chi connectivity index (χ4n) is 1.70. The molecule has 0 amide bonds. The van der Waals surface area contributed by atoms with Crippen LogP contribution in [0.25, 0.3) is 0 Å². The summed E-state index contributed by atoms with van der Waals surface area (Å²) >= 11 is 3.52. The van der Waals surface area contributed by atoms with Crippen LogP contribution in [-0.4, -0.2) is 38.7 Å². The molecule has 1 atom stereocenters. The third-order valence-corrected chi connectivity index (χ3v) is 3.78. The van der Waals surface area contributed by atoms with E-state index in [4.69, 9.17) is 4.74 Å². The summed E-state index contributed by atoms with van der Waals surface area (Å²) in [6, 6.07) is 6.55. The van der Waals surface area contributed by atoms with E-state index in [9.17, 15) is 0 Å². The Morgan fingerprint density at radius 2 is 2.17 bits per heavy atom. The second-order valence-corrected chi connectivity index (χ2v) is 5.32. The van der Waals surface area contributed by atoms with Gasteiger partial charge in [0.05, 0.1) is 11.6 Å². The lowest BCUT2D eigenvalue weighted by Gasteiger charge is -2.18. The van der Waals surface area contributed by atoms with E-state index in [0.717, 1.165) is 29.9 Å².